The molecule has 0 amide bonds. The average molecular weight is 299 g/mol. The third kappa shape index (κ3) is 5.71. The first-order valence-electron chi connectivity index (χ1n) is 6.42. The molecule has 2 atom stereocenters. The van der Waals surface area contributed by atoms with Crippen LogP contribution in [0.4, 0.5) is 0 Å². The summed E-state index contributed by atoms with van der Waals surface area (Å²) in [5, 5.41) is 12.1. The molecule has 1 aromatic carbocycles. The fourth-order valence-corrected chi connectivity index (χ4v) is 2.90. The summed E-state index contributed by atoms with van der Waals surface area (Å²) in [6.45, 7) is 4.02. The first-order valence-corrected chi connectivity index (χ1v) is 8.48. The number of sulfone groups is 1. The van der Waals surface area contributed by atoms with Crippen LogP contribution in [0.15, 0.2) is 24.3 Å². The van der Waals surface area contributed by atoms with Gasteiger partial charge in [-0.2, -0.15) is 0 Å². The van der Waals surface area contributed by atoms with Crippen LogP contribution in [0.3, 0.4) is 0 Å². The molecule has 0 aliphatic rings. The van der Waals surface area contributed by atoms with Crippen molar-refractivity contribution in [3.05, 3.63) is 35.4 Å². The van der Waals surface area contributed by atoms with Gasteiger partial charge in [0.05, 0.1) is 11.7 Å². The third-order valence-corrected chi connectivity index (χ3v) is 4.16. The zero-order valence-electron chi connectivity index (χ0n) is 12.0. The quantitative estimate of drug-likeness (QED) is 0.795. The van der Waals surface area contributed by atoms with Crippen molar-refractivity contribution in [2.75, 3.05) is 12.0 Å². The zero-order valence-corrected chi connectivity index (χ0v) is 12.8. The van der Waals surface area contributed by atoms with E-state index in [2.05, 4.69) is 5.32 Å². The highest BCUT2D eigenvalue weighted by Crippen LogP contribution is 2.16. The maximum Gasteiger partial charge on any atom is 0.310 e. The number of hydrogen-bond acceptors (Lipinski definition) is 4. The van der Waals surface area contributed by atoms with Gasteiger partial charge in [-0.25, -0.2) is 8.42 Å². The standard InChI is InChI=1S/C14H21NO4S/c1-10(9-20(3,18)19)15-8-12-4-6-13(7-5-12)11(2)14(16)17/h4-7,10-11,15H,8-9H2,1-3H3,(H,16,17). The molecule has 1 rings (SSSR count). The molecule has 0 aliphatic carbocycles. The summed E-state index contributed by atoms with van der Waals surface area (Å²) < 4.78 is 22.3. The van der Waals surface area contributed by atoms with Crippen LogP contribution in [-0.2, 0) is 21.2 Å². The lowest BCUT2D eigenvalue weighted by atomic mass is 10.00. The first-order chi connectivity index (χ1) is 9.19. The Labute approximate surface area is 119 Å². The zero-order chi connectivity index (χ0) is 15.3. The lowest BCUT2D eigenvalue weighted by Crippen LogP contribution is -2.32. The van der Waals surface area contributed by atoms with E-state index in [9.17, 15) is 13.2 Å². The molecule has 1 aromatic rings. The van der Waals surface area contributed by atoms with Gasteiger partial charge in [-0.3, -0.25) is 4.79 Å². The lowest BCUT2D eigenvalue weighted by molar-refractivity contribution is -0.138. The van der Waals surface area contributed by atoms with Crippen LogP contribution in [0.25, 0.3) is 0 Å². The van der Waals surface area contributed by atoms with Gasteiger partial charge in [0, 0.05) is 18.8 Å². The number of rotatable bonds is 7. The second kappa shape index (κ2) is 6.85. The third-order valence-electron chi connectivity index (χ3n) is 3.06. The highest BCUT2D eigenvalue weighted by molar-refractivity contribution is 7.90. The number of aliphatic carboxylic acids is 1. The Morgan fingerprint density at radius 1 is 1.25 bits per heavy atom. The summed E-state index contributed by atoms with van der Waals surface area (Å²) in [6.07, 6.45) is 1.22. The molecule has 0 saturated heterocycles. The van der Waals surface area contributed by atoms with Crippen molar-refractivity contribution in [1.29, 1.82) is 0 Å². The fourth-order valence-electron chi connectivity index (χ4n) is 1.87. The summed E-state index contributed by atoms with van der Waals surface area (Å²) in [6, 6.07) is 7.17. The van der Waals surface area contributed by atoms with E-state index in [1.807, 2.05) is 19.1 Å². The highest BCUT2D eigenvalue weighted by Gasteiger charge is 2.13. The topological polar surface area (TPSA) is 83.5 Å². The van der Waals surface area contributed by atoms with Crippen LogP contribution in [0.2, 0.25) is 0 Å². The minimum Gasteiger partial charge on any atom is -0.481 e. The van der Waals surface area contributed by atoms with Crippen molar-refractivity contribution in [2.24, 2.45) is 0 Å². The molecule has 0 spiro atoms. The summed E-state index contributed by atoms with van der Waals surface area (Å²) in [4.78, 5) is 10.9. The van der Waals surface area contributed by atoms with Crippen LogP contribution in [0, 0.1) is 0 Å². The van der Waals surface area contributed by atoms with Gasteiger partial charge in [-0.1, -0.05) is 24.3 Å². The molecule has 20 heavy (non-hydrogen) atoms. The predicted molar refractivity (Wildman–Crippen MR) is 78.5 cm³/mol. The Balaban J connectivity index is 2.56. The Morgan fingerprint density at radius 2 is 1.80 bits per heavy atom. The van der Waals surface area contributed by atoms with E-state index < -0.39 is 21.7 Å². The molecule has 2 N–H and O–H groups in total. The molecule has 0 aromatic heterocycles. The van der Waals surface area contributed by atoms with Crippen LogP contribution in [-0.4, -0.2) is 37.5 Å². The number of benzene rings is 1. The molecule has 6 heteroatoms. The van der Waals surface area contributed by atoms with E-state index in [4.69, 9.17) is 5.11 Å². The lowest BCUT2D eigenvalue weighted by Gasteiger charge is -2.13. The molecular formula is C14H21NO4S. The largest absolute Gasteiger partial charge is 0.481 e. The molecule has 0 heterocycles. The van der Waals surface area contributed by atoms with Gasteiger partial charge in [-0.05, 0) is 25.0 Å². The summed E-state index contributed by atoms with van der Waals surface area (Å²) in [5.41, 5.74) is 1.75. The molecule has 2 unspecified atom stereocenters. The van der Waals surface area contributed by atoms with Gasteiger partial charge in [0.2, 0.25) is 0 Å². The second-order valence-electron chi connectivity index (χ2n) is 5.18. The van der Waals surface area contributed by atoms with E-state index in [0.29, 0.717) is 6.54 Å². The number of carbonyl (C=O) groups is 1. The molecule has 0 fully saturated rings. The van der Waals surface area contributed by atoms with Crippen LogP contribution >= 0.6 is 0 Å². The van der Waals surface area contributed by atoms with Crippen molar-refractivity contribution >= 4 is 15.8 Å². The minimum atomic E-state index is -2.98. The van der Waals surface area contributed by atoms with Gasteiger partial charge in [0.25, 0.3) is 0 Å². The summed E-state index contributed by atoms with van der Waals surface area (Å²) >= 11 is 0. The van der Waals surface area contributed by atoms with Gasteiger partial charge < -0.3 is 10.4 Å². The smallest absolute Gasteiger partial charge is 0.310 e. The van der Waals surface area contributed by atoms with Gasteiger partial charge >= 0.3 is 5.97 Å². The SMILES string of the molecule is CC(CS(C)(=O)=O)NCc1ccc(C(C)C(=O)O)cc1. The van der Waals surface area contributed by atoms with E-state index >= 15 is 0 Å². The first kappa shape index (κ1) is 16.7. The molecule has 0 radical (unpaired) electrons. The number of hydrogen-bond donors (Lipinski definition) is 2. The van der Waals surface area contributed by atoms with Crippen molar-refractivity contribution in [2.45, 2.75) is 32.4 Å². The molecular weight excluding hydrogens is 278 g/mol. The second-order valence-corrected chi connectivity index (χ2v) is 7.36. The predicted octanol–water partition coefficient (Wildman–Crippen LogP) is 1.40. The number of carboxylic acids is 1. The van der Waals surface area contributed by atoms with E-state index in [0.717, 1.165) is 11.1 Å². The molecule has 5 nitrogen and oxygen atoms in total. The molecule has 0 aliphatic heterocycles. The Bertz CT molecular complexity index is 551. The van der Waals surface area contributed by atoms with E-state index in [1.165, 1.54) is 6.26 Å². The normalized spacial score (nSPS) is 14.8. The van der Waals surface area contributed by atoms with Gasteiger partial charge in [-0.15, -0.1) is 0 Å². The molecule has 0 bridgehead atoms. The van der Waals surface area contributed by atoms with Crippen molar-refractivity contribution in [3.63, 3.8) is 0 Å². The Hall–Kier alpha value is -1.40. The molecule has 0 saturated carbocycles. The van der Waals surface area contributed by atoms with Crippen LogP contribution in [0.1, 0.15) is 30.9 Å². The minimum absolute atomic E-state index is 0.0983. The Morgan fingerprint density at radius 3 is 2.25 bits per heavy atom. The monoisotopic (exact) mass is 299 g/mol. The Kier molecular flexibility index (Phi) is 5.71. The highest BCUT2D eigenvalue weighted by atomic mass is 32.2. The van der Waals surface area contributed by atoms with Crippen molar-refractivity contribution in [3.8, 4) is 0 Å². The number of carboxylic acid groups (broad SMARTS) is 1. The van der Waals surface area contributed by atoms with E-state index in [1.54, 1.807) is 19.1 Å². The van der Waals surface area contributed by atoms with Crippen molar-refractivity contribution in [1.82, 2.24) is 5.32 Å². The summed E-state index contributed by atoms with van der Waals surface area (Å²) in [5.74, 6) is -1.28. The van der Waals surface area contributed by atoms with Crippen molar-refractivity contribution < 1.29 is 18.3 Å². The maximum absolute atomic E-state index is 11.1. The van der Waals surface area contributed by atoms with Crippen LogP contribution in [0.5, 0.6) is 0 Å². The van der Waals surface area contributed by atoms with E-state index in [-0.39, 0.29) is 11.8 Å². The summed E-state index contributed by atoms with van der Waals surface area (Å²) in [7, 11) is -2.98. The van der Waals surface area contributed by atoms with Gasteiger partial charge in [0.1, 0.15) is 9.84 Å². The number of nitrogens with one attached hydrogen (secondary N) is 1. The molecule has 112 valence electrons. The van der Waals surface area contributed by atoms with Gasteiger partial charge in [0.15, 0.2) is 0 Å². The maximum atomic E-state index is 11.1. The fraction of sp³-hybridized carbons (Fsp3) is 0.500. The van der Waals surface area contributed by atoms with Crippen LogP contribution < -0.4 is 5.32 Å². The average Bonchev–Trinajstić information content (AvgIpc) is 2.34.